The van der Waals surface area contributed by atoms with E-state index >= 15 is 0 Å². The Hall–Kier alpha value is -11.6. The maximum atomic E-state index is 12.5. The van der Waals surface area contributed by atoms with Crippen molar-refractivity contribution in [2.75, 3.05) is 12.4 Å². The molecule has 0 atom stereocenters. The standard InChI is InChI=1S/C25H28N4O4.C24H27N5O3S.C24H26N4O4/c1-15(26-27-23(31)17-8-7-9-18(14-17)24(32)33-6)20-22(30)21(29(5)28-20)16-10-12-19(13-11-16)25(2,3)4;1-14(26-27-23(33)25-18-12-8-16(9-13-18)22(31)32)19-21(30)20(29(5)28-19)15-6-10-17(11-7-15)24(2,3)4;1-14(25-26-22(30)16-7-6-8-17(13-16)23(31)32)19-21(29)20(28(5)27-19)15-9-11-18(12-10-15)24(2,3)4/h7-14,30H,1-6H3,(H,27,31);6-13,30H,1-5H3,(H,31,32)(H2,25,27,33);6-13,29H,1-5H3,(H,26,30)(H,31,32)/b26-15+;26-14+;25-14+. The summed E-state index contributed by atoms with van der Waals surface area (Å²) in [5.41, 5.74) is 18.7. The number of methoxy groups -OCH3 is 1. The van der Waals surface area contributed by atoms with E-state index in [2.05, 4.69) is 131 Å². The molecule has 98 heavy (non-hydrogen) atoms. The lowest BCUT2D eigenvalue weighted by Gasteiger charge is -2.19. The zero-order chi connectivity index (χ0) is 72.3. The van der Waals surface area contributed by atoms with Gasteiger partial charge in [0, 0.05) is 54.6 Å². The van der Waals surface area contributed by atoms with Gasteiger partial charge in [-0.05, 0) is 127 Å². The van der Waals surface area contributed by atoms with Crippen molar-refractivity contribution < 1.29 is 54.2 Å². The van der Waals surface area contributed by atoms with Crippen LogP contribution in [-0.4, -0.2) is 114 Å². The van der Waals surface area contributed by atoms with Gasteiger partial charge in [0.1, 0.15) is 17.1 Å². The van der Waals surface area contributed by atoms with Crippen LogP contribution in [0.2, 0.25) is 0 Å². The van der Waals surface area contributed by atoms with Crippen LogP contribution in [0.3, 0.4) is 0 Å². The van der Waals surface area contributed by atoms with Crippen LogP contribution in [0.4, 0.5) is 5.69 Å². The normalized spacial score (nSPS) is 11.9. The van der Waals surface area contributed by atoms with Gasteiger partial charge in [0.15, 0.2) is 39.4 Å². The highest BCUT2D eigenvalue weighted by molar-refractivity contribution is 7.80. The molecule has 0 aliphatic carbocycles. The van der Waals surface area contributed by atoms with Gasteiger partial charge in [-0.1, -0.05) is 147 Å². The molecule has 25 heteroatoms. The first-order chi connectivity index (χ1) is 46.0. The quantitative estimate of drug-likeness (QED) is 0.0199. The number of nitrogens with one attached hydrogen (secondary N) is 4. The number of carboxylic acids is 2. The fourth-order valence-electron chi connectivity index (χ4n) is 9.87. The van der Waals surface area contributed by atoms with Crippen molar-refractivity contribution in [3.63, 3.8) is 0 Å². The predicted molar refractivity (Wildman–Crippen MR) is 383 cm³/mol. The molecular formula is C73H81N13O11S. The number of nitrogens with zero attached hydrogens (tertiary/aromatic N) is 9. The Kier molecular flexibility index (Phi) is 23.2. The van der Waals surface area contributed by atoms with E-state index in [9.17, 15) is 39.3 Å². The molecule has 9 rings (SSSR count). The fourth-order valence-corrected chi connectivity index (χ4v) is 10.0. The third kappa shape index (κ3) is 18.2. The number of hydrazone groups is 3. The molecule has 0 spiro atoms. The average Bonchev–Trinajstić information content (AvgIpc) is 1.65. The van der Waals surface area contributed by atoms with Gasteiger partial charge in [0.25, 0.3) is 11.8 Å². The van der Waals surface area contributed by atoms with Crippen LogP contribution in [0.5, 0.6) is 17.2 Å². The van der Waals surface area contributed by atoms with E-state index in [4.69, 9.17) is 22.4 Å². The number of esters is 1. The number of carboxylic acid groups (broad SMARTS) is 2. The first-order valence-corrected chi connectivity index (χ1v) is 31.2. The highest BCUT2D eigenvalue weighted by atomic mass is 32.1. The number of aromatic hydroxyl groups is 3. The van der Waals surface area contributed by atoms with E-state index in [1.54, 1.807) is 86.3 Å². The van der Waals surface area contributed by atoms with Crippen LogP contribution in [0.25, 0.3) is 33.8 Å². The van der Waals surface area contributed by atoms with Crippen LogP contribution in [-0.2, 0) is 42.1 Å². The minimum Gasteiger partial charge on any atom is -0.504 e. The van der Waals surface area contributed by atoms with Crippen molar-refractivity contribution in [2.24, 2.45) is 36.4 Å². The number of carbonyl (C=O) groups is 5. The molecule has 0 aliphatic heterocycles. The van der Waals surface area contributed by atoms with Gasteiger partial charge in [0.2, 0.25) is 0 Å². The van der Waals surface area contributed by atoms with Crippen LogP contribution in [0.1, 0.15) is 169 Å². The molecule has 24 nitrogen and oxygen atoms in total. The Labute approximate surface area is 573 Å². The summed E-state index contributed by atoms with van der Waals surface area (Å²) in [7, 11) is 6.50. The van der Waals surface area contributed by atoms with Gasteiger partial charge < -0.3 is 35.6 Å². The number of thiocarbonyl (C=S) groups is 1. The summed E-state index contributed by atoms with van der Waals surface area (Å²) in [6, 6.07) is 41.8. The SMILES string of the molecule is C/C(=N\NC(=O)c1cccc(C(=O)O)c1)c1nn(C)c(-c2ccc(C(C)(C)C)cc2)c1O.C/C(=N\NC(=S)Nc1ccc(C(=O)O)cc1)c1nn(C)c(-c2ccc(C(C)(C)C)cc2)c1O.COC(=O)c1cccc(C(=O)N/N=C(\C)c2nn(C)c(-c3ccc(C(C)(C)C)cc3)c2O)c1. The van der Waals surface area contributed by atoms with E-state index in [1.165, 1.54) is 66.3 Å². The van der Waals surface area contributed by atoms with Crippen molar-refractivity contribution in [3.8, 4) is 51.0 Å². The predicted octanol–water partition coefficient (Wildman–Crippen LogP) is 12.5. The summed E-state index contributed by atoms with van der Waals surface area (Å²) in [5, 5.41) is 79.2. The van der Waals surface area contributed by atoms with E-state index in [0.717, 1.165) is 16.7 Å². The number of hydrogen-bond acceptors (Lipinski definition) is 16. The molecule has 0 saturated heterocycles. The number of carbonyl (C=O) groups excluding carboxylic acids is 3. The number of benzene rings is 6. The Bertz CT molecular complexity index is 4540. The number of hydrogen-bond donors (Lipinski definition) is 9. The number of amides is 2. The Morgan fingerprint density at radius 1 is 0.439 bits per heavy atom. The summed E-state index contributed by atoms with van der Waals surface area (Å²) in [5.74, 6) is -3.76. The number of ether oxygens (including phenoxy) is 1. The second-order valence-corrected chi connectivity index (χ2v) is 26.3. The van der Waals surface area contributed by atoms with Gasteiger partial charge in [-0.15, -0.1) is 0 Å². The van der Waals surface area contributed by atoms with Crippen molar-refractivity contribution in [2.45, 2.75) is 99.3 Å². The molecule has 0 fully saturated rings. The Morgan fingerprint density at radius 3 is 1.06 bits per heavy atom. The molecular weight excluding hydrogens is 1270 g/mol. The lowest BCUT2D eigenvalue weighted by atomic mass is 9.86. The first kappa shape index (κ1) is 73.8. The van der Waals surface area contributed by atoms with Crippen LogP contribution in [0.15, 0.2) is 161 Å². The summed E-state index contributed by atoms with van der Waals surface area (Å²) in [4.78, 5) is 58.5. The van der Waals surface area contributed by atoms with E-state index in [-0.39, 0.29) is 77.8 Å². The van der Waals surface area contributed by atoms with Gasteiger partial charge in [-0.25, -0.2) is 25.2 Å². The smallest absolute Gasteiger partial charge is 0.337 e. The van der Waals surface area contributed by atoms with Crippen molar-refractivity contribution in [1.29, 1.82) is 0 Å². The molecule has 0 bridgehead atoms. The third-order valence-electron chi connectivity index (χ3n) is 15.5. The zero-order valence-corrected chi connectivity index (χ0v) is 58.3. The number of aromatic carboxylic acids is 2. The van der Waals surface area contributed by atoms with Crippen LogP contribution < -0.4 is 21.6 Å². The summed E-state index contributed by atoms with van der Waals surface area (Å²) in [6.45, 7) is 24.2. The summed E-state index contributed by atoms with van der Waals surface area (Å²) in [6.07, 6.45) is 0. The molecule has 6 aromatic carbocycles. The number of aromatic nitrogens is 6. The summed E-state index contributed by atoms with van der Waals surface area (Å²) >= 11 is 5.24. The Morgan fingerprint density at radius 2 is 0.745 bits per heavy atom. The van der Waals surface area contributed by atoms with Gasteiger partial charge in [-0.3, -0.25) is 29.1 Å². The van der Waals surface area contributed by atoms with Gasteiger partial charge >= 0.3 is 17.9 Å². The molecule has 0 saturated carbocycles. The van der Waals surface area contributed by atoms with E-state index in [1.807, 2.05) is 60.7 Å². The number of anilines is 1. The van der Waals surface area contributed by atoms with Crippen LogP contribution >= 0.6 is 12.2 Å². The van der Waals surface area contributed by atoms with E-state index in [0.29, 0.717) is 45.6 Å². The molecule has 9 aromatic rings. The second-order valence-electron chi connectivity index (χ2n) is 25.9. The fraction of sp³-hybridized carbons (Fsp3) is 0.260. The summed E-state index contributed by atoms with van der Waals surface area (Å²) < 4.78 is 9.44. The second kappa shape index (κ2) is 30.9. The molecule has 0 radical (unpaired) electrons. The lowest BCUT2D eigenvalue weighted by Crippen LogP contribution is -2.25. The first-order valence-electron chi connectivity index (χ1n) is 30.8. The largest absolute Gasteiger partial charge is 0.504 e. The topological polar surface area (TPSA) is 334 Å². The zero-order valence-electron chi connectivity index (χ0n) is 57.5. The van der Waals surface area contributed by atoms with Crippen molar-refractivity contribution in [3.05, 3.63) is 207 Å². The maximum absolute atomic E-state index is 12.5. The average molecular weight is 1350 g/mol. The number of aryl methyl sites for hydroxylation is 3. The molecule has 0 aliphatic rings. The van der Waals surface area contributed by atoms with Crippen molar-refractivity contribution >= 4 is 69.9 Å². The van der Waals surface area contributed by atoms with Crippen LogP contribution in [0, 0.1) is 0 Å². The molecule has 510 valence electrons. The number of rotatable bonds is 15. The van der Waals surface area contributed by atoms with Gasteiger partial charge in [-0.2, -0.15) is 30.6 Å². The molecule has 0 unspecified atom stereocenters. The molecule has 3 aromatic heterocycles. The van der Waals surface area contributed by atoms with Crippen molar-refractivity contribution in [1.82, 2.24) is 45.6 Å². The third-order valence-corrected chi connectivity index (χ3v) is 15.6. The Balaban J connectivity index is 0.000000207. The molecule has 3 heterocycles. The maximum Gasteiger partial charge on any atom is 0.337 e. The lowest BCUT2D eigenvalue weighted by molar-refractivity contribution is 0.0598. The molecule has 9 N–H and O–H groups in total. The highest BCUT2D eigenvalue weighted by Gasteiger charge is 2.25. The minimum atomic E-state index is -1.12. The minimum absolute atomic E-state index is 0.00263. The monoisotopic (exact) mass is 1350 g/mol. The van der Waals surface area contributed by atoms with E-state index < -0.39 is 29.7 Å². The molecule has 2 amide bonds. The van der Waals surface area contributed by atoms with Gasteiger partial charge in [0.05, 0.1) is 40.9 Å². The highest BCUT2D eigenvalue weighted by Crippen LogP contribution is 2.37.